The Bertz CT molecular complexity index is 1520. The molecule has 2 saturated heterocycles. The van der Waals surface area contributed by atoms with Gasteiger partial charge in [-0.25, -0.2) is 4.98 Å². The number of aromatic nitrogens is 2. The number of nitrogens with zero attached hydrogens (tertiary/aromatic N) is 3. The fourth-order valence-electron chi connectivity index (χ4n) is 5.82. The first-order valence-electron chi connectivity index (χ1n) is 13.5. The van der Waals surface area contributed by atoms with Crippen molar-refractivity contribution in [1.82, 2.24) is 30.4 Å². The Morgan fingerprint density at radius 3 is 2.37 bits per heavy atom. The largest absolute Gasteiger partial charge is 0.507 e. The Kier molecular flexibility index (Phi) is 7.62. The second-order valence-corrected chi connectivity index (χ2v) is 10.6. The highest BCUT2D eigenvalue weighted by atomic mass is 16.3. The predicted octanol–water partition coefficient (Wildman–Crippen LogP) is 0.887. The van der Waals surface area contributed by atoms with E-state index in [9.17, 15) is 19.5 Å². The Balaban J connectivity index is 1.44. The highest BCUT2D eigenvalue weighted by Gasteiger charge is 2.22. The van der Waals surface area contributed by atoms with E-state index >= 15 is 0 Å². The number of aromatic hydroxyl groups is 1. The van der Waals surface area contributed by atoms with Crippen molar-refractivity contribution < 1.29 is 9.90 Å². The van der Waals surface area contributed by atoms with Crippen LogP contribution in [0.15, 0.2) is 27.8 Å². The molecule has 202 valence electrons. The van der Waals surface area contributed by atoms with Crippen LogP contribution in [0.25, 0.3) is 28.3 Å². The molecule has 10 nitrogen and oxygen atoms in total. The lowest BCUT2D eigenvalue weighted by molar-refractivity contribution is 0.0951. The summed E-state index contributed by atoms with van der Waals surface area (Å²) in [5.41, 5.74) is -0.00668. The monoisotopic (exact) mass is 520 g/mol. The smallest absolute Gasteiger partial charge is 0.253 e. The number of carbonyl (C=O) groups excluding carboxylic acids is 1. The second-order valence-electron chi connectivity index (χ2n) is 10.6. The minimum atomic E-state index is -0.469. The van der Waals surface area contributed by atoms with Gasteiger partial charge in [0.15, 0.2) is 0 Å². The molecular weight excluding hydrogens is 484 g/mol. The van der Waals surface area contributed by atoms with E-state index < -0.39 is 5.43 Å². The molecule has 5 rings (SSSR count). The lowest BCUT2D eigenvalue weighted by Gasteiger charge is -2.19. The minimum Gasteiger partial charge on any atom is -0.507 e. The van der Waals surface area contributed by atoms with Crippen molar-refractivity contribution >= 4 is 34.2 Å². The summed E-state index contributed by atoms with van der Waals surface area (Å²) in [4.78, 5) is 50.8. The molecule has 4 N–H and O–H groups in total. The van der Waals surface area contributed by atoms with E-state index in [1.807, 2.05) is 0 Å². The highest BCUT2D eigenvalue weighted by molar-refractivity contribution is 6.06. The highest BCUT2D eigenvalue weighted by Crippen LogP contribution is 2.19. The third kappa shape index (κ3) is 5.23. The van der Waals surface area contributed by atoms with Crippen molar-refractivity contribution in [3.05, 3.63) is 49.4 Å². The lowest BCUT2D eigenvalue weighted by atomic mass is 10.1. The van der Waals surface area contributed by atoms with Gasteiger partial charge in [0.1, 0.15) is 22.3 Å². The molecular formula is C28H36N6O4. The van der Waals surface area contributed by atoms with E-state index in [4.69, 9.17) is 0 Å². The number of phenolic OH excluding ortho intramolecular Hbond substituents is 1. The van der Waals surface area contributed by atoms with Gasteiger partial charge in [-0.3, -0.25) is 14.4 Å². The number of nitrogens with one attached hydrogen (secondary N) is 3. The minimum absolute atomic E-state index is 0.0490. The summed E-state index contributed by atoms with van der Waals surface area (Å²) in [6.45, 7) is 3.38. The van der Waals surface area contributed by atoms with Crippen LogP contribution in [0.4, 0.5) is 0 Å². The molecule has 3 heterocycles. The lowest BCUT2D eigenvalue weighted by Crippen LogP contribution is -2.32. The number of amides is 1. The predicted molar refractivity (Wildman–Crippen MR) is 148 cm³/mol. The molecule has 1 amide bonds. The average molecular weight is 521 g/mol. The van der Waals surface area contributed by atoms with Crippen molar-refractivity contribution in [3.63, 3.8) is 0 Å². The van der Waals surface area contributed by atoms with Gasteiger partial charge in [0.25, 0.3) is 5.91 Å². The molecule has 0 saturated carbocycles. The molecule has 10 heteroatoms. The van der Waals surface area contributed by atoms with Crippen molar-refractivity contribution in [2.24, 2.45) is 0 Å². The number of hydrogen-bond donors (Lipinski definition) is 4. The van der Waals surface area contributed by atoms with Gasteiger partial charge in [0, 0.05) is 37.4 Å². The fourth-order valence-corrected chi connectivity index (χ4v) is 5.82. The maximum absolute atomic E-state index is 13.1. The molecule has 2 aliphatic rings. The molecule has 2 unspecified atom stereocenters. The Hall–Kier alpha value is -3.50. The van der Waals surface area contributed by atoms with Crippen LogP contribution in [0.2, 0.25) is 0 Å². The maximum atomic E-state index is 13.1. The number of likely N-dealkylation sites (tertiary alicyclic amines) is 2. The van der Waals surface area contributed by atoms with Crippen LogP contribution >= 0.6 is 0 Å². The van der Waals surface area contributed by atoms with E-state index in [1.165, 1.54) is 25.0 Å². The van der Waals surface area contributed by atoms with Gasteiger partial charge < -0.3 is 30.5 Å². The van der Waals surface area contributed by atoms with Crippen LogP contribution in [0.1, 0.15) is 48.9 Å². The number of H-pyrrole nitrogens is 1. The van der Waals surface area contributed by atoms with Gasteiger partial charge in [-0.2, -0.15) is 0 Å². The molecule has 1 aromatic heterocycles. The van der Waals surface area contributed by atoms with Crippen LogP contribution in [-0.2, 0) is 0 Å². The molecule has 2 atom stereocenters. The molecule has 38 heavy (non-hydrogen) atoms. The Morgan fingerprint density at radius 1 is 1.03 bits per heavy atom. The Labute approximate surface area is 220 Å². The van der Waals surface area contributed by atoms with Crippen molar-refractivity contribution in [2.45, 2.75) is 50.6 Å². The van der Waals surface area contributed by atoms with Crippen LogP contribution in [0.3, 0.4) is 0 Å². The van der Waals surface area contributed by atoms with E-state index in [-0.39, 0.29) is 44.7 Å². The Morgan fingerprint density at radius 2 is 1.71 bits per heavy atom. The second kappa shape index (κ2) is 11.1. The summed E-state index contributed by atoms with van der Waals surface area (Å²) in [7, 11) is 4.22. The zero-order valence-electron chi connectivity index (χ0n) is 22.0. The van der Waals surface area contributed by atoms with Crippen LogP contribution < -0.4 is 26.7 Å². The van der Waals surface area contributed by atoms with Crippen molar-refractivity contribution in [2.75, 3.05) is 40.3 Å². The van der Waals surface area contributed by atoms with E-state index in [2.05, 4.69) is 44.5 Å². The molecule has 3 aromatic rings. The van der Waals surface area contributed by atoms with Crippen LogP contribution in [0, 0.1) is 0 Å². The summed E-state index contributed by atoms with van der Waals surface area (Å²) in [5, 5.41) is 17.1. The van der Waals surface area contributed by atoms with Gasteiger partial charge in [-0.15, -0.1) is 0 Å². The number of fused-ring (bicyclic) bond motifs is 2. The number of rotatable bonds is 8. The summed E-state index contributed by atoms with van der Waals surface area (Å²) in [5.74, 6) is -0.545. The number of hydrogen-bond acceptors (Lipinski definition) is 8. The standard InChI is InChI=1S/C28H36N6O4/c1-33-13-3-5-17(33)9-11-29-16-20-22(36)15-23(37)27-25(20)32-26-21(35)8-7-19(24(26)31-27)28(38)30-12-10-18-6-4-14-34(18)2/h7-8,15-18,29,31,36H,3-6,9-14H2,1-2H3,(H,30,38). The maximum Gasteiger partial charge on any atom is 0.253 e. The van der Waals surface area contributed by atoms with Crippen molar-refractivity contribution in [3.8, 4) is 5.75 Å². The fraction of sp³-hybridized carbons (Fsp3) is 0.500. The van der Waals surface area contributed by atoms with Gasteiger partial charge in [0.2, 0.25) is 10.9 Å². The summed E-state index contributed by atoms with van der Waals surface area (Å²) in [6, 6.07) is 4.88. The molecule has 0 radical (unpaired) electrons. The first-order chi connectivity index (χ1) is 18.3. The first kappa shape index (κ1) is 26.1. The van der Waals surface area contributed by atoms with Gasteiger partial charge in [0.05, 0.1) is 16.3 Å². The molecule has 0 bridgehead atoms. The molecule has 0 aliphatic carbocycles. The summed E-state index contributed by atoms with van der Waals surface area (Å²) >= 11 is 0. The van der Waals surface area contributed by atoms with E-state index in [0.29, 0.717) is 30.4 Å². The van der Waals surface area contributed by atoms with Gasteiger partial charge >= 0.3 is 0 Å². The number of phenols is 1. The molecule has 0 spiro atoms. The number of benzene rings is 2. The number of aromatic amines is 1. The number of carbonyl (C=O) groups is 1. The van der Waals surface area contributed by atoms with Crippen molar-refractivity contribution in [1.29, 1.82) is 0 Å². The van der Waals surface area contributed by atoms with E-state index in [0.717, 1.165) is 44.8 Å². The molecule has 2 aliphatic heterocycles. The molecule has 2 fully saturated rings. The van der Waals surface area contributed by atoms with Gasteiger partial charge in [-0.05, 0) is 77.8 Å². The topological polar surface area (TPSA) is 131 Å². The summed E-state index contributed by atoms with van der Waals surface area (Å²) in [6.07, 6.45) is 8.09. The quantitative estimate of drug-likeness (QED) is 0.255. The zero-order chi connectivity index (χ0) is 26.8. The summed E-state index contributed by atoms with van der Waals surface area (Å²) < 4.78 is 0. The van der Waals surface area contributed by atoms with Crippen LogP contribution in [-0.4, -0.2) is 83.1 Å². The SMILES string of the molecule is CN1CCCC1CCNC=c1c(O)cc(=O)c2[nH]c3c(C(=O)NCCC4CCCN4C)ccc(=O)c3nc12. The normalized spacial score (nSPS) is 21.1. The van der Waals surface area contributed by atoms with Crippen LogP contribution in [0.5, 0.6) is 5.75 Å². The average Bonchev–Trinajstić information content (AvgIpc) is 3.50. The van der Waals surface area contributed by atoms with E-state index in [1.54, 1.807) is 6.20 Å². The third-order valence-electron chi connectivity index (χ3n) is 8.12. The third-order valence-corrected chi connectivity index (χ3v) is 8.12. The molecule has 2 aromatic carbocycles. The zero-order valence-corrected chi connectivity index (χ0v) is 22.0. The first-order valence-corrected chi connectivity index (χ1v) is 13.5. The van der Waals surface area contributed by atoms with Gasteiger partial charge in [-0.1, -0.05) is 0 Å².